The number of nitrogen functional groups attached to an aromatic ring is 1. The third-order valence-corrected chi connectivity index (χ3v) is 4.25. The number of carbonyl (C=O) groups is 1. The summed E-state index contributed by atoms with van der Waals surface area (Å²) in [6, 6.07) is 5.01. The highest BCUT2D eigenvalue weighted by Crippen LogP contribution is 2.30. The van der Waals surface area contributed by atoms with Gasteiger partial charge in [-0.1, -0.05) is 41.9 Å². The largest absolute Gasteiger partial charge is 0.355 e. The summed E-state index contributed by atoms with van der Waals surface area (Å²) in [5.74, 6) is 6.52. The average Bonchev–Trinajstić information content (AvgIpc) is 2.86. The molecule has 0 unspecified atom stereocenters. The number of rotatable bonds is 6. The molecule has 2 rings (SSSR count). The van der Waals surface area contributed by atoms with E-state index in [9.17, 15) is 4.79 Å². The lowest BCUT2D eigenvalue weighted by Crippen LogP contribution is -2.26. The summed E-state index contributed by atoms with van der Waals surface area (Å²) in [4.78, 5) is 11.6. The number of hydrogen-bond acceptors (Lipinski definition) is 5. The second-order valence-corrected chi connectivity index (χ2v) is 6.23. The van der Waals surface area contributed by atoms with Gasteiger partial charge >= 0.3 is 0 Å². The number of aromatic nitrogens is 3. The van der Waals surface area contributed by atoms with Crippen molar-refractivity contribution >= 4 is 40.9 Å². The van der Waals surface area contributed by atoms with Crippen LogP contribution in [-0.2, 0) is 4.79 Å². The molecule has 3 N–H and O–H groups in total. The second kappa shape index (κ2) is 7.71. The van der Waals surface area contributed by atoms with E-state index in [2.05, 4.69) is 15.5 Å². The molecular formula is C13H15Cl2N5OS. The highest BCUT2D eigenvalue weighted by Gasteiger charge is 2.16. The Morgan fingerprint density at radius 2 is 2.18 bits per heavy atom. The fraction of sp³-hybridized carbons (Fsp3) is 0.308. The van der Waals surface area contributed by atoms with Gasteiger partial charge in [0.15, 0.2) is 5.82 Å². The minimum absolute atomic E-state index is 0.0720. The normalized spacial score (nSPS) is 10.7. The van der Waals surface area contributed by atoms with E-state index in [0.717, 1.165) is 6.42 Å². The maximum atomic E-state index is 11.6. The summed E-state index contributed by atoms with van der Waals surface area (Å²) in [5.41, 5.74) is 0.589. The molecule has 1 heterocycles. The van der Waals surface area contributed by atoms with Crippen molar-refractivity contribution in [2.75, 3.05) is 18.1 Å². The van der Waals surface area contributed by atoms with Gasteiger partial charge in [-0.15, -0.1) is 10.2 Å². The molecule has 1 aromatic carbocycles. The lowest BCUT2D eigenvalue weighted by molar-refractivity contribution is -0.118. The molecule has 0 aliphatic rings. The van der Waals surface area contributed by atoms with Gasteiger partial charge in [0, 0.05) is 17.1 Å². The number of amides is 1. The zero-order chi connectivity index (χ0) is 16.1. The quantitative estimate of drug-likeness (QED) is 0.611. The molecule has 1 aromatic heterocycles. The first kappa shape index (κ1) is 16.9. The van der Waals surface area contributed by atoms with Crippen LogP contribution in [0.25, 0.3) is 11.4 Å². The van der Waals surface area contributed by atoms with Crippen LogP contribution in [0.15, 0.2) is 23.4 Å². The molecule has 0 fully saturated rings. The molecule has 0 radical (unpaired) electrons. The van der Waals surface area contributed by atoms with Gasteiger partial charge in [0.25, 0.3) is 0 Å². The Morgan fingerprint density at radius 3 is 2.91 bits per heavy atom. The molecular weight excluding hydrogens is 345 g/mol. The van der Waals surface area contributed by atoms with E-state index < -0.39 is 0 Å². The van der Waals surface area contributed by atoms with Crippen molar-refractivity contribution in [3.05, 3.63) is 28.2 Å². The number of carbonyl (C=O) groups excluding carboxylic acids is 1. The Hall–Kier alpha value is -1.44. The molecule has 1 amide bonds. The van der Waals surface area contributed by atoms with Crippen LogP contribution >= 0.6 is 35.0 Å². The Kier molecular flexibility index (Phi) is 5.93. The first-order chi connectivity index (χ1) is 10.5. The molecule has 0 saturated carbocycles. The van der Waals surface area contributed by atoms with Gasteiger partial charge in [0.2, 0.25) is 11.1 Å². The molecule has 6 nitrogen and oxygen atoms in total. The molecule has 0 saturated heterocycles. The maximum absolute atomic E-state index is 11.6. The van der Waals surface area contributed by atoms with Gasteiger partial charge in [-0.25, -0.2) is 4.68 Å². The Labute approximate surface area is 142 Å². The van der Waals surface area contributed by atoms with Crippen molar-refractivity contribution < 1.29 is 4.79 Å². The van der Waals surface area contributed by atoms with E-state index in [0.29, 0.717) is 33.1 Å². The number of nitrogens with zero attached hydrogens (tertiary/aromatic N) is 3. The summed E-state index contributed by atoms with van der Waals surface area (Å²) in [7, 11) is 0. The van der Waals surface area contributed by atoms with E-state index in [1.54, 1.807) is 18.2 Å². The van der Waals surface area contributed by atoms with Crippen LogP contribution in [0.2, 0.25) is 10.0 Å². The predicted octanol–water partition coefficient (Wildman–Crippen LogP) is 2.58. The number of benzene rings is 1. The van der Waals surface area contributed by atoms with Crippen molar-refractivity contribution in [1.29, 1.82) is 0 Å². The second-order valence-electron chi connectivity index (χ2n) is 4.44. The third-order valence-electron chi connectivity index (χ3n) is 2.74. The topological polar surface area (TPSA) is 85.8 Å². The van der Waals surface area contributed by atoms with Gasteiger partial charge in [0.1, 0.15) is 0 Å². The summed E-state index contributed by atoms with van der Waals surface area (Å²) < 4.78 is 1.30. The van der Waals surface area contributed by atoms with Crippen molar-refractivity contribution in [3.63, 3.8) is 0 Å². The van der Waals surface area contributed by atoms with Gasteiger partial charge < -0.3 is 11.2 Å². The van der Waals surface area contributed by atoms with Gasteiger partial charge in [-0.05, 0) is 24.6 Å². The van der Waals surface area contributed by atoms with Crippen LogP contribution in [0.5, 0.6) is 0 Å². The number of hydrogen-bond donors (Lipinski definition) is 2. The van der Waals surface area contributed by atoms with Crippen LogP contribution in [0.4, 0.5) is 0 Å². The number of thioether (sulfide) groups is 1. The van der Waals surface area contributed by atoms with E-state index >= 15 is 0 Å². The molecule has 0 bridgehead atoms. The van der Waals surface area contributed by atoms with Crippen molar-refractivity contribution in [2.45, 2.75) is 18.5 Å². The van der Waals surface area contributed by atoms with E-state index in [-0.39, 0.29) is 11.7 Å². The van der Waals surface area contributed by atoms with Crippen LogP contribution in [-0.4, -0.2) is 33.1 Å². The molecule has 0 aliphatic heterocycles. The fourth-order valence-corrected chi connectivity index (χ4v) is 2.73. The lowest BCUT2D eigenvalue weighted by Gasteiger charge is -2.06. The Morgan fingerprint density at radius 1 is 1.41 bits per heavy atom. The maximum Gasteiger partial charge on any atom is 0.230 e. The summed E-state index contributed by atoms with van der Waals surface area (Å²) in [5, 5.41) is 12.2. The standard InChI is InChI=1S/C13H15Cl2N5OS/c1-2-5-17-11(21)7-22-13-19-18-12(20(13)16)9-6-8(14)3-4-10(9)15/h3-4,6H,2,5,7,16H2,1H3,(H,17,21). The lowest BCUT2D eigenvalue weighted by atomic mass is 10.2. The SMILES string of the molecule is CCCNC(=O)CSc1nnc(-c2cc(Cl)ccc2Cl)n1N. The molecule has 22 heavy (non-hydrogen) atoms. The molecule has 9 heteroatoms. The molecule has 0 spiro atoms. The van der Waals surface area contributed by atoms with Crippen molar-refractivity contribution in [1.82, 2.24) is 20.2 Å². The van der Waals surface area contributed by atoms with E-state index in [1.165, 1.54) is 16.4 Å². The molecule has 2 aromatic rings. The predicted molar refractivity (Wildman–Crippen MR) is 89.7 cm³/mol. The zero-order valence-corrected chi connectivity index (χ0v) is 14.2. The summed E-state index contributed by atoms with van der Waals surface area (Å²) in [6.45, 7) is 2.64. The monoisotopic (exact) mass is 359 g/mol. The summed E-state index contributed by atoms with van der Waals surface area (Å²) >= 11 is 13.3. The number of nitrogens with one attached hydrogen (secondary N) is 1. The number of halogens is 2. The molecule has 0 atom stereocenters. The van der Waals surface area contributed by atoms with Crippen molar-refractivity contribution in [2.24, 2.45) is 0 Å². The third kappa shape index (κ3) is 4.06. The van der Waals surface area contributed by atoms with E-state index in [4.69, 9.17) is 29.0 Å². The smallest absolute Gasteiger partial charge is 0.230 e. The minimum atomic E-state index is -0.0720. The van der Waals surface area contributed by atoms with Crippen molar-refractivity contribution in [3.8, 4) is 11.4 Å². The van der Waals surface area contributed by atoms with Crippen LogP contribution in [0, 0.1) is 0 Å². The fourth-order valence-electron chi connectivity index (χ4n) is 1.67. The van der Waals surface area contributed by atoms with E-state index in [1.807, 2.05) is 6.92 Å². The van der Waals surface area contributed by atoms with Crippen LogP contribution in [0.3, 0.4) is 0 Å². The number of nitrogens with two attached hydrogens (primary N) is 1. The average molecular weight is 360 g/mol. The van der Waals surface area contributed by atoms with Crippen LogP contribution in [0.1, 0.15) is 13.3 Å². The first-order valence-electron chi connectivity index (χ1n) is 6.58. The van der Waals surface area contributed by atoms with Gasteiger partial charge in [-0.2, -0.15) is 0 Å². The Balaban J connectivity index is 2.12. The zero-order valence-electron chi connectivity index (χ0n) is 11.8. The Bertz CT molecular complexity index is 676. The molecule has 118 valence electrons. The first-order valence-corrected chi connectivity index (χ1v) is 8.32. The highest BCUT2D eigenvalue weighted by molar-refractivity contribution is 7.99. The van der Waals surface area contributed by atoms with Gasteiger partial charge in [0.05, 0.1) is 10.8 Å². The summed E-state index contributed by atoms with van der Waals surface area (Å²) in [6.07, 6.45) is 0.890. The highest BCUT2D eigenvalue weighted by atomic mass is 35.5. The minimum Gasteiger partial charge on any atom is -0.355 e. The van der Waals surface area contributed by atoms with Crippen LogP contribution < -0.4 is 11.2 Å². The van der Waals surface area contributed by atoms with Gasteiger partial charge in [-0.3, -0.25) is 4.79 Å². The molecule has 0 aliphatic carbocycles.